The number of rotatable bonds is 5. The van der Waals surface area contributed by atoms with Crippen LogP contribution in [0.25, 0.3) is 6.08 Å². The summed E-state index contributed by atoms with van der Waals surface area (Å²) in [5, 5.41) is 2.80. The molecule has 0 radical (unpaired) electrons. The van der Waals surface area contributed by atoms with Crippen LogP contribution in [0.4, 0.5) is 5.69 Å². The molecule has 0 aliphatic rings. The van der Waals surface area contributed by atoms with Crippen LogP contribution in [0.1, 0.15) is 29.2 Å². The summed E-state index contributed by atoms with van der Waals surface area (Å²) >= 11 is 0. The van der Waals surface area contributed by atoms with E-state index in [1.165, 1.54) is 6.08 Å². The number of carbonyl (C=O) groups is 2. The summed E-state index contributed by atoms with van der Waals surface area (Å²) in [5.41, 5.74) is 4.85. The maximum atomic E-state index is 12.2. The Hall–Kier alpha value is -2.88. The lowest BCUT2D eigenvalue weighted by Gasteiger charge is -2.14. The second-order valence-corrected chi connectivity index (χ2v) is 6.06. The molecule has 0 aromatic heterocycles. The highest BCUT2D eigenvalue weighted by atomic mass is 16.5. The molecule has 4 nitrogen and oxygen atoms in total. The number of amides is 1. The molecule has 1 unspecified atom stereocenters. The second kappa shape index (κ2) is 8.29. The van der Waals surface area contributed by atoms with Crippen molar-refractivity contribution in [2.45, 2.75) is 33.8 Å². The topological polar surface area (TPSA) is 55.4 Å². The average Bonchev–Trinajstić information content (AvgIpc) is 2.58. The molecule has 1 N–H and O–H groups in total. The fourth-order valence-corrected chi connectivity index (χ4v) is 2.23. The Bertz CT molecular complexity index is 791. The van der Waals surface area contributed by atoms with Gasteiger partial charge in [0.05, 0.1) is 0 Å². The van der Waals surface area contributed by atoms with Crippen LogP contribution in [0.3, 0.4) is 0 Å². The predicted molar refractivity (Wildman–Crippen MR) is 100 cm³/mol. The lowest BCUT2D eigenvalue weighted by Crippen LogP contribution is -2.29. The molecule has 2 rings (SSSR count). The Morgan fingerprint density at radius 2 is 1.72 bits per heavy atom. The fraction of sp³-hybridized carbons (Fsp3) is 0.238. The van der Waals surface area contributed by atoms with E-state index < -0.39 is 12.1 Å². The number of benzene rings is 2. The number of hydrogen-bond acceptors (Lipinski definition) is 3. The van der Waals surface area contributed by atoms with E-state index in [9.17, 15) is 9.59 Å². The van der Waals surface area contributed by atoms with Gasteiger partial charge in [0.15, 0.2) is 6.10 Å². The molecular formula is C21H23NO3. The standard InChI is InChI=1S/C21H23NO3/c1-14-8-10-18(11-9-14)12-13-20(23)25-17(4)21(24)22-19-7-5-6-15(2)16(19)3/h5-13,17H,1-4H3,(H,22,24)/b13-12+. The first-order chi connectivity index (χ1) is 11.9. The molecule has 130 valence electrons. The largest absolute Gasteiger partial charge is 0.449 e. The summed E-state index contributed by atoms with van der Waals surface area (Å²) in [6, 6.07) is 13.4. The second-order valence-electron chi connectivity index (χ2n) is 6.06. The highest BCUT2D eigenvalue weighted by Gasteiger charge is 2.17. The number of hydrogen-bond donors (Lipinski definition) is 1. The minimum atomic E-state index is -0.880. The lowest BCUT2D eigenvalue weighted by atomic mass is 10.1. The smallest absolute Gasteiger partial charge is 0.331 e. The van der Waals surface area contributed by atoms with Crippen LogP contribution in [-0.4, -0.2) is 18.0 Å². The van der Waals surface area contributed by atoms with Crippen LogP contribution in [0.5, 0.6) is 0 Å². The third kappa shape index (κ3) is 5.31. The molecule has 0 aliphatic carbocycles. The lowest BCUT2D eigenvalue weighted by molar-refractivity contribution is -0.148. The number of carbonyl (C=O) groups excluding carboxylic acids is 2. The number of nitrogens with one attached hydrogen (secondary N) is 1. The van der Waals surface area contributed by atoms with Gasteiger partial charge in [-0.15, -0.1) is 0 Å². The van der Waals surface area contributed by atoms with Crippen LogP contribution in [0.15, 0.2) is 48.5 Å². The van der Waals surface area contributed by atoms with E-state index in [4.69, 9.17) is 4.74 Å². The third-order valence-corrected chi connectivity index (χ3v) is 4.01. The van der Waals surface area contributed by atoms with E-state index in [2.05, 4.69) is 5.32 Å². The number of esters is 1. The summed E-state index contributed by atoms with van der Waals surface area (Å²) < 4.78 is 5.16. The first-order valence-corrected chi connectivity index (χ1v) is 8.19. The molecule has 0 bridgehead atoms. The van der Waals surface area contributed by atoms with Gasteiger partial charge in [-0.2, -0.15) is 0 Å². The Kier molecular flexibility index (Phi) is 6.12. The van der Waals surface area contributed by atoms with Gasteiger partial charge in [-0.25, -0.2) is 4.79 Å². The monoisotopic (exact) mass is 337 g/mol. The quantitative estimate of drug-likeness (QED) is 0.657. The molecule has 2 aromatic carbocycles. The Labute approximate surface area is 148 Å². The van der Waals surface area contributed by atoms with Crippen molar-refractivity contribution in [3.05, 3.63) is 70.8 Å². The highest BCUT2D eigenvalue weighted by molar-refractivity contribution is 5.97. The number of ether oxygens (including phenoxy) is 1. The first kappa shape index (κ1) is 18.5. The van der Waals surface area contributed by atoms with Crippen LogP contribution in [-0.2, 0) is 14.3 Å². The van der Waals surface area contributed by atoms with E-state index >= 15 is 0 Å². The van der Waals surface area contributed by atoms with Gasteiger partial charge < -0.3 is 10.1 Å². The van der Waals surface area contributed by atoms with E-state index in [-0.39, 0.29) is 5.91 Å². The van der Waals surface area contributed by atoms with E-state index in [0.717, 1.165) is 27.9 Å². The number of aryl methyl sites for hydroxylation is 2. The maximum Gasteiger partial charge on any atom is 0.331 e. The number of anilines is 1. The maximum absolute atomic E-state index is 12.2. The molecule has 0 saturated carbocycles. The van der Waals surface area contributed by atoms with Gasteiger partial charge >= 0.3 is 5.97 Å². The van der Waals surface area contributed by atoms with Gasteiger partial charge in [-0.3, -0.25) is 4.79 Å². The third-order valence-electron chi connectivity index (χ3n) is 4.01. The van der Waals surface area contributed by atoms with Crippen molar-refractivity contribution in [2.75, 3.05) is 5.32 Å². The molecule has 1 amide bonds. The van der Waals surface area contributed by atoms with Gasteiger partial charge in [0.2, 0.25) is 0 Å². The first-order valence-electron chi connectivity index (χ1n) is 8.19. The minimum absolute atomic E-state index is 0.356. The van der Waals surface area contributed by atoms with Gasteiger partial charge in [-0.1, -0.05) is 42.0 Å². The van der Waals surface area contributed by atoms with E-state index in [1.54, 1.807) is 13.0 Å². The normalized spacial score (nSPS) is 12.0. The highest BCUT2D eigenvalue weighted by Crippen LogP contribution is 2.18. The van der Waals surface area contributed by atoms with E-state index in [1.807, 2.05) is 63.2 Å². The molecule has 25 heavy (non-hydrogen) atoms. The summed E-state index contributed by atoms with van der Waals surface area (Å²) in [7, 11) is 0. The summed E-state index contributed by atoms with van der Waals surface area (Å²) in [6.45, 7) is 7.46. The van der Waals surface area contributed by atoms with Gasteiger partial charge in [0.25, 0.3) is 5.91 Å². The Balaban J connectivity index is 1.92. The summed E-state index contributed by atoms with van der Waals surface area (Å²) in [5.74, 6) is -0.907. The Morgan fingerprint density at radius 1 is 1.04 bits per heavy atom. The van der Waals surface area contributed by atoms with Crippen LogP contribution >= 0.6 is 0 Å². The summed E-state index contributed by atoms with van der Waals surface area (Å²) in [6.07, 6.45) is 2.11. The van der Waals surface area contributed by atoms with Crippen LogP contribution in [0.2, 0.25) is 0 Å². The molecule has 0 saturated heterocycles. The Morgan fingerprint density at radius 3 is 2.40 bits per heavy atom. The SMILES string of the molecule is Cc1ccc(/C=C/C(=O)OC(C)C(=O)Nc2cccc(C)c2C)cc1. The predicted octanol–water partition coefficient (Wildman–Crippen LogP) is 4.20. The molecule has 0 spiro atoms. The van der Waals surface area contributed by atoms with Crippen molar-refractivity contribution < 1.29 is 14.3 Å². The van der Waals surface area contributed by atoms with Crippen molar-refractivity contribution >= 4 is 23.6 Å². The van der Waals surface area contributed by atoms with E-state index in [0.29, 0.717) is 0 Å². The van der Waals surface area contributed by atoms with Gasteiger partial charge in [0.1, 0.15) is 0 Å². The zero-order valence-corrected chi connectivity index (χ0v) is 15.0. The van der Waals surface area contributed by atoms with Gasteiger partial charge in [-0.05, 0) is 56.5 Å². The van der Waals surface area contributed by atoms with Crippen molar-refractivity contribution in [1.82, 2.24) is 0 Å². The zero-order valence-electron chi connectivity index (χ0n) is 15.0. The van der Waals surface area contributed by atoms with Crippen molar-refractivity contribution in [3.8, 4) is 0 Å². The summed E-state index contributed by atoms with van der Waals surface area (Å²) in [4.78, 5) is 24.1. The molecule has 0 aliphatic heterocycles. The van der Waals surface area contributed by atoms with Gasteiger partial charge in [0, 0.05) is 11.8 Å². The van der Waals surface area contributed by atoms with Crippen molar-refractivity contribution in [1.29, 1.82) is 0 Å². The molecule has 4 heteroatoms. The molecular weight excluding hydrogens is 314 g/mol. The minimum Gasteiger partial charge on any atom is -0.449 e. The zero-order chi connectivity index (χ0) is 18.4. The average molecular weight is 337 g/mol. The molecule has 2 aromatic rings. The molecule has 0 heterocycles. The van der Waals surface area contributed by atoms with Crippen molar-refractivity contribution in [3.63, 3.8) is 0 Å². The fourth-order valence-electron chi connectivity index (χ4n) is 2.23. The van der Waals surface area contributed by atoms with Crippen LogP contribution < -0.4 is 5.32 Å². The van der Waals surface area contributed by atoms with Crippen molar-refractivity contribution in [2.24, 2.45) is 0 Å². The molecule has 1 atom stereocenters. The van der Waals surface area contributed by atoms with Crippen LogP contribution in [0, 0.1) is 20.8 Å². The molecule has 0 fully saturated rings.